The zero-order valence-electron chi connectivity index (χ0n) is 13.6. The van der Waals surface area contributed by atoms with Crippen LogP contribution in [0, 0.1) is 0 Å². The number of hydrogen-bond donors (Lipinski definition) is 0. The van der Waals surface area contributed by atoms with E-state index in [0.717, 1.165) is 38.2 Å². The molecule has 6 heteroatoms. The molecule has 0 fully saturated rings. The van der Waals surface area contributed by atoms with Crippen LogP contribution in [-0.2, 0) is 4.74 Å². The minimum absolute atomic E-state index is 0.514. The second-order valence-electron chi connectivity index (χ2n) is 5.58. The van der Waals surface area contributed by atoms with Gasteiger partial charge in [0.25, 0.3) is 0 Å². The smallest absolute Gasteiger partial charge is 0.140 e. The summed E-state index contributed by atoms with van der Waals surface area (Å²) in [5.41, 5.74) is 3.57. The standard InChI is InChI=1S/C19H16BrN3O2/c1-24-9-10-25-14-7-8-23-17(12-21-18(23)11-14)16-6-5-13-3-2-4-15(20)19(13)22-16/h2-8,11-12H,9-10H2,1H3. The Hall–Kier alpha value is -2.44. The highest BCUT2D eigenvalue weighted by atomic mass is 79.9. The minimum atomic E-state index is 0.514. The molecule has 3 heterocycles. The van der Waals surface area contributed by atoms with E-state index in [-0.39, 0.29) is 0 Å². The van der Waals surface area contributed by atoms with Gasteiger partial charge in [0.15, 0.2) is 0 Å². The van der Waals surface area contributed by atoms with Gasteiger partial charge >= 0.3 is 0 Å². The van der Waals surface area contributed by atoms with Crippen molar-refractivity contribution < 1.29 is 9.47 Å². The van der Waals surface area contributed by atoms with Crippen molar-refractivity contribution in [2.45, 2.75) is 0 Å². The maximum atomic E-state index is 5.64. The molecule has 1 aromatic carbocycles. The lowest BCUT2D eigenvalue weighted by atomic mass is 10.2. The van der Waals surface area contributed by atoms with Gasteiger partial charge in [-0.05, 0) is 34.1 Å². The SMILES string of the molecule is COCCOc1ccn2c(-c3ccc4cccc(Br)c4n3)cnc2c1. The molecule has 126 valence electrons. The number of nitrogens with zero attached hydrogens (tertiary/aromatic N) is 3. The Morgan fingerprint density at radius 3 is 2.92 bits per heavy atom. The van der Waals surface area contributed by atoms with Gasteiger partial charge in [-0.3, -0.25) is 4.40 Å². The normalized spacial score (nSPS) is 11.3. The summed E-state index contributed by atoms with van der Waals surface area (Å²) >= 11 is 3.57. The molecular formula is C19H16BrN3O2. The van der Waals surface area contributed by atoms with Crippen LogP contribution in [0.2, 0.25) is 0 Å². The maximum absolute atomic E-state index is 5.64. The summed E-state index contributed by atoms with van der Waals surface area (Å²) in [6.07, 6.45) is 3.78. The average Bonchev–Trinajstić information content (AvgIpc) is 3.05. The molecule has 4 aromatic rings. The molecule has 0 amide bonds. The first-order chi connectivity index (χ1) is 12.3. The van der Waals surface area contributed by atoms with Crippen LogP contribution >= 0.6 is 15.9 Å². The Bertz CT molecular complexity index is 1050. The third-order valence-corrected chi connectivity index (χ3v) is 4.61. The van der Waals surface area contributed by atoms with Crippen LogP contribution in [0.25, 0.3) is 27.9 Å². The molecule has 3 aromatic heterocycles. The number of pyridine rings is 2. The summed E-state index contributed by atoms with van der Waals surface area (Å²) in [6.45, 7) is 1.07. The number of imidazole rings is 1. The Kier molecular flexibility index (Phi) is 4.38. The number of methoxy groups -OCH3 is 1. The van der Waals surface area contributed by atoms with Gasteiger partial charge in [-0.1, -0.05) is 18.2 Å². The van der Waals surface area contributed by atoms with E-state index in [1.807, 2.05) is 47.1 Å². The van der Waals surface area contributed by atoms with E-state index in [0.29, 0.717) is 13.2 Å². The van der Waals surface area contributed by atoms with Gasteiger partial charge < -0.3 is 9.47 Å². The predicted octanol–water partition coefficient (Wildman–Crippen LogP) is 4.34. The summed E-state index contributed by atoms with van der Waals surface area (Å²) in [7, 11) is 1.66. The number of rotatable bonds is 5. The number of fused-ring (bicyclic) bond motifs is 2. The lowest BCUT2D eigenvalue weighted by Gasteiger charge is -2.07. The zero-order valence-corrected chi connectivity index (χ0v) is 15.2. The molecule has 0 aliphatic heterocycles. The summed E-state index contributed by atoms with van der Waals surface area (Å²) in [5, 5.41) is 1.10. The minimum Gasteiger partial charge on any atom is -0.491 e. The fourth-order valence-electron chi connectivity index (χ4n) is 2.74. The van der Waals surface area contributed by atoms with Crippen LogP contribution in [0.15, 0.2) is 59.3 Å². The van der Waals surface area contributed by atoms with E-state index in [9.17, 15) is 0 Å². The largest absolute Gasteiger partial charge is 0.491 e. The first kappa shape index (κ1) is 16.1. The van der Waals surface area contributed by atoms with E-state index < -0.39 is 0 Å². The van der Waals surface area contributed by atoms with Gasteiger partial charge in [0.1, 0.15) is 18.0 Å². The van der Waals surface area contributed by atoms with Crippen LogP contribution in [0.5, 0.6) is 5.75 Å². The average molecular weight is 398 g/mol. The third kappa shape index (κ3) is 3.10. The zero-order chi connectivity index (χ0) is 17.2. The maximum Gasteiger partial charge on any atom is 0.140 e. The molecule has 25 heavy (non-hydrogen) atoms. The van der Waals surface area contributed by atoms with Crippen molar-refractivity contribution in [2.75, 3.05) is 20.3 Å². The first-order valence-electron chi connectivity index (χ1n) is 7.91. The highest BCUT2D eigenvalue weighted by molar-refractivity contribution is 9.10. The van der Waals surface area contributed by atoms with Crippen LogP contribution < -0.4 is 4.74 Å². The van der Waals surface area contributed by atoms with E-state index in [4.69, 9.17) is 14.5 Å². The summed E-state index contributed by atoms with van der Waals surface area (Å²) in [6, 6.07) is 14.0. The summed E-state index contributed by atoms with van der Waals surface area (Å²) < 4.78 is 13.6. The topological polar surface area (TPSA) is 48.7 Å². The van der Waals surface area contributed by atoms with Crippen molar-refractivity contribution in [3.63, 3.8) is 0 Å². The van der Waals surface area contributed by atoms with Crippen LogP contribution in [0.1, 0.15) is 0 Å². The fraction of sp³-hybridized carbons (Fsp3) is 0.158. The van der Waals surface area contributed by atoms with Gasteiger partial charge in [-0.2, -0.15) is 0 Å². The summed E-state index contributed by atoms with van der Waals surface area (Å²) in [5.74, 6) is 0.774. The van der Waals surface area contributed by atoms with Crippen LogP contribution in [0.4, 0.5) is 0 Å². The van der Waals surface area contributed by atoms with Crippen molar-refractivity contribution in [3.05, 3.63) is 59.3 Å². The molecule has 0 saturated heterocycles. The third-order valence-electron chi connectivity index (χ3n) is 3.97. The number of para-hydroxylation sites is 1. The van der Waals surface area contributed by atoms with Crippen molar-refractivity contribution in [2.24, 2.45) is 0 Å². The Balaban J connectivity index is 1.73. The molecular weight excluding hydrogens is 382 g/mol. The second-order valence-corrected chi connectivity index (χ2v) is 6.44. The monoisotopic (exact) mass is 397 g/mol. The van der Waals surface area contributed by atoms with Gasteiger partial charge in [0.2, 0.25) is 0 Å². The summed E-state index contributed by atoms with van der Waals surface area (Å²) in [4.78, 5) is 9.28. The number of benzene rings is 1. The van der Waals surface area contributed by atoms with E-state index in [1.165, 1.54) is 0 Å². The molecule has 0 radical (unpaired) electrons. The van der Waals surface area contributed by atoms with Crippen molar-refractivity contribution in [1.29, 1.82) is 0 Å². The van der Waals surface area contributed by atoms with Crippen LogP contribution in [0.3, 0.4) is 0 Å². The molecule has 0 aliphatic carbocycles. The van der Waals surface area contributed by atoms with E-state index in [1.54, 1.807) is 7.11 Å². The Morgan fingerprint density at radius 1 is 1.12 bits per heavy atom. The van der Waals surface area contributed by atoms with Crippen molar-refractivity contribution in [1.82, 2.24) is 14.4 Å². The number of ether oxygens (including phenoxy) is 2. The molecule has 4 rings (SSSR count). The molecule has 0 atom stereocenters. The number of aromatic nitrogens is 3. The quantitative estimate of drug-likeness (QED) is 0.470. The molecule has 0 bridgehead atoms. The molecule has 0 aliphatic rings. The molecule has 0 spiro atoms. The molecule has 0 N–H and O–H groups in total. The molecule has 5 nitrogen and oxygen atoms in total. The Morgan fingerprint density at radius 2 is 2.04 bits per heavy atom. The Labute approximate surface area is 153 Å². The second kappa shape index (κ2) is 6.82. The van der Waals surface area contributed by atoms with Gasteiger partial charge in [-0.25, -0.2) is 9.97 Å². The van der Waals surface area contributed by atoms with Crippen molar-refractivity contribution in [3.8, 4) is 17.1 Å². The number of halogens is 1. The highest BCUT2D eigenvalue weighted by Gasteiger charge is 2.10. The molecule has 0 saturated carbocycles. The van der Waals surface area contributed by atoms with E-state index in [2.05, 4.69) is 33.0 Å². The lowest BCUT2D eigenvalue weighted by molar-refractivity contribution is 0.146. The molecule has 0 unspecified atom stereocenters. The van der Waals surface area contributed by atoms with Crippen molar-refractivity contribution >= 4 is 32.5 Å². The highest BCUT2D eigenvalue weighted by Crippen LogP contribution is 2.27. The van der Waals surface area contributed by atoms with Gasteiger partial charge in [0.05, 0.1) is 29.7 Å². The van der Waals surface area contributed by atoms with Gasteiger partial charge in [-0.15, -0.1) is 0 Å². The lowest BCUT2D eigenvalue weighted by Crippen LogP contribution is -2.04. The van der Waals surface area contributed by atoms with Crippen LogP contribution in [-0.4, -0.2) is 34.7 Å². The first-order valence-corrected chi connectivity index (χ1v) is 8.70. The predicted molar refractivity (Wildman–Crippen MR) is 101 cm³/mol. The van der Waals surface area contributed by atoms with Gasteiger partial charge in [0, 0.05) is 29.2 Å². The van der Waals surface area contributed by atoms with E-state index >= 15 is 0 Å². The number of hydrogen-bond acceptors (Lipinski definition) is 4. The fourth-order valence-corrected chi connectivity index (χ4v) is 3.21.